The third-order valence-corrected chi connectivity index (χ3v) is 4.69. The Kier molecular flexibility index (Phi) is 4.66. The second-order valence-corrected chi connectivity index (χ2v) is 6.55. The number of ether oxygens (including phenoxy) is 1. The van der Waals surface area contributed by atoms with Gasteiger partial charge in [-0.15, -0.1) is 0 Å². The van der Waals surface area contributed by atoms with Crippen molar-refractivity contribution in [3.63, 3.8) is 0 Å². The van der Waals surface area contributed by atoms with Crippen LogP contribution in [0.15, 0.2) is 72.8 Å². The van der Waals surface area contributed by atoms with Crippen LogP contribution in [0, 0.1) is 0 Å². The quantitative estimate of drug-likeness (QED) is 0.582. The molecule has 0 spiro atoms. The van der Waals surface area contributed by atoms with Crippen LogP contribution >= 0.6 is 0 Å². The third kappa shape index (κ3) is 3.87. The first-order valence-corrected chi connectivity index (χ1v) is 8.97. The summed E-state index contributed by atoms with van der Waals surface area (Å²) < 4.78 is 5.81. The average molecular weight is 359 g/mol. The fraction of sp³-hybridized carbons (Fsp3) is 0.136. The molecule has 0 aromatic heterocycles. The predicted molar refractivity (Wildman–Crippen MR) is 107 cm³/mol. The number of urea groups is 1. The third-order valence-electron chi connectivity index (χ3n) is 4.69. The molecule has 3 aromatic carbocycles. The van der Waals surface area contributed by atoms with Crippen LogP contribution in [0.1, 0.15) is 23.6 Å². The number of fused-ring (bicyclic) bond motifs is 1. The van der Waals surface area contributed by atoms with Gasteiger partial charge in [0.25, 0.3) is 0 Å². The van der Waals surface area contributed by atoms with E-state index in [4.69, 9.17) is 10.5 Å². The number of carbonyl (C=O) groups excluding carboxylic acids is 1. The summed E-state index contributed by atoms with van der Waals surface area (Å²) in [5.41, 5.74) is 9.50. The van der Waals surface area contributed by atoms with Gasteiger partial charge < -0.3 is 21.1 Å². The van der Waals surface area contributed by atoms with Gasteiger partial charge in [-0.25, -0.2) is 4.79 Å². The Morgan fingerprint density at radius 2 is 1.74 bits per heavy atom. The van der Waals surface area contributed by atoms with E-state index in [2.05, 4.69) is 22.8 Å². The van der Waals surface area contributed by atoms with E-state index in [1.807, 2.05) is 42.5 Å². The van der Waals surface area contributed by atoms with Crippen molar-refractivity contribution in [3.05, 3.63) is 83.9 Å². The molecule has 1 aliphatic carbocycles. The number of hydrogen-bond acceptors (Lipinski definition) is 3. The molecule has 0 saturated carbocycles. The van der Waals surface area contributed by atoms with Crippen molar-refractivity contribution < 1.29 is 9.53 Å². The second kappa shape index (κ2) is 7.41. The van der Waals surface area contributed by atoms with Gasteiger partial charge in [-0.3, -0.25) is 0 Å². The van der Waals surface area contributed by atoms with Gasteiger partial charge in [0.2, 0.25) is 0 Å². The lowest BCUT2D eigenvalue weighted by Crippen LogP contribution is -2.31. The molecule has 4 rings (SSSR count). The lowest BCUT2D eigenvalue weighted by Gasteiger charge is -2.16. The van der Waals surface area contributed by atoms with Crippen LogP contribution in [0.25, 0.3) is 0 Å². The summed E-state index contributed by atoms with van der Waals surface area (Å²) in [7, 11) is 0. The van der Waals surface area contributed by atoms with Crippen molar-refractivity contribution in [2.45, 2.75) is 18.9 Å². The lowest BCUT2D eigenvalue weighted by molar-refractivity contribution is 0.248. The fourth-order valence-electron chi connectivity index (χ4n) is 3.36. The van der Waals surface area contributed by atoms with E-state index in [9.17, 15) is 4.79 Å². The second-order valence-electron chi connectivity index (χ2n) is 6.55. The van der Waals surface area contributed by atoms with Gasteiger partial charge >= 0.3 is 6.03 Å². The molecule has 0 fully saturated rings. The molecule has 1 aliphatic rings. The Hall–Kier alpha value is -3.47. The van der Waals surface area contributed by atoms with E-state index < -0.39 is 0 Å². The van der Waals surface area contributed by atoms with Crippen LogP contribution in [0.4, 0.5) is 16.2 Å². The van der Waals surface area contributed by atoms with E-state index in [1.54, 1.807) is 18.2 Å². The minimum absolute atomic E-state index is 0.0196. The summed E-state index contributed by atoms with van der Waals surface area (Å²) in [6, 6.07) is 22.6. The van der Waals surface area contributed by atoms with Crippen LogP contribution in [0.2, 0.25) is 0 Å². The molecule has 0 aliphatic heterocycles. The molecule has 0 bridgehead atoms. The van der Waals surface area contributed by atoms with Crippen LogP contribution in [-0.2, 0) is 6.42 Å². The number of carbonyl (C=O) groups is 1. The number of rotatable bonds is 4. The first-order chi connectivity index (χ1) is 13.2. The Morgan fingerprint density at radius 1 is 0.963 bits per heavy atom. The van der Waals surface area contributed by atoms with Crippen molar-refractivity contribution in [2.24, 2.45) is 0 Å². The van der Waals surface area contributed by atoms with E-state index in [-0.39, 0.29) is 12.1 Å². The number of nitrogen functional groups attached to an aromatic ring is 1. The van der Waals surface area contributed by atoms with E-state index in [1.165, 1.54) is 11.1 Å². The molecule has 0 saturated heterocycles. The predicted octanol–water partition coefficient (Wildman–Crippen LogP) is 4.87. The van der Waals surface area contributed by atoms with Crippen LogP contribution in [0.5, 0.6) is 11.5 Å². The molecular formula is C22H21N3O2. The molecule has 1 atom stereocenters. The summed E-state index contributed by atoms with van der Waals surface area (Å²) in [5, 5.41) is 5.87. The number of anilines is 2. The largest absolute Gasteiger partial charge is 0.457 e. The minimum Gasteiger partial charge on any atom is -0.457 e. The number of nitrogens with one attached hydrogen (secondary N) is 2. The van der Waals surface area contributed by atoms with Gasteiger partial charge in [-0.1, -0.05) is 42.5 Å². The summed E-state index contributed by atoms with van der Waals surface area (Å²) in [6.45, 7) is 0. The molecule has 0 radical (unpaired) electrons. The molecule has 2 amide bonds. The molecule has 136 valence electrons. The average Bonchev–Trinajstić information content (AvgIpc) is 3.08. The number of hydrogen-bond donors (Lipinski definition) is 3. The molecule has 5 nitrogen and oxygen atoms in total. The highest BCUT2D eigenvalue weighted by Gasteiger charge is 2.23. The number of para-hydroxylation sites is 1. The van der Waals surface area contributed by atoms with Gasteiger partial charge in [0.15, 0.2) is 0 Å². The Bertz CT molecular complexity index is 957. The highest BCUT2D eigenvalue weighted by Crippen LogP contribution is 2.31. The normalized spacial score (nSPS) is 15.0. The molecule has 5 heteroatoms. The number of nitrogens with two attached hydrogens (primary N) is 1. The summed E-state index contributed by atoms with van der Waals surface area (Å²) >= 11 is 0. The van der Waals surface area contributed by atoms with Gasteiger partial charge in [0.05, 0.1) is 17.4 Å². The maximum Gasteiger partial charge on any atom is 0.319 e. The lowest BCUT2D eigenvalue weighted by atomic mass is 10.1. The van der Waals surface area contributed by atoms with Crippen molar-refractivity contribution in [1.29, 1.82) is 0 Å². The highest BCUT2D eigenvalue weighted by molar-refractivity contribution is 5.93. The van der Waals surface area contributed by atoms with E-state index in [0.717, 1.165) is 18.6 Å². The molecule has 27 heavy (non-hydrogen) atoms. The maximum absolute atomic E-state index is 12.5. The number of benzene rings is 3. The van der Waals surface area contributed by atoms with Gasteiger partial charge in [-0.05, 0) is 48.2 Å². The molecule has 1 unspecified atom stereocenters. The van der Waals surface area contributed by atoms with E-state index >= 15 is 0 Å². The van der Waals surface area contributed by atoms with Gasteiger partial charge in [0.1, 0.15) is 11.5 Å². The number of amides is 2. The number of aryl methyl sites for hydroxylation is 1. The van der Waals surface area contributed by atoms with Crippen molar-refractivity contribution in [2.75, 3.05) is 11.1 Å². The van der Waals surface area contributed by atoms with Crippen LogP contribution in [0.3, 0.4) is 0 Å². The Labute approximate surface area is 158 Å². The minimum atomic E-state index is -0.278. The monoisotopic (exact) mass is 359 g/mol. The first-order valence-electron chi connectivity index (χ1n) is 8.97. The summed E-state index contributed by atoms with van der Waals surface area (Å²) in [6.07, 6.45) is 1.88. The Balaban J connectivity index is 1.44. The van der Waals surface area contributed by atoms with Gasteiger partial charge in [-0.2, -0.15) is 0 Å². The molecular weight excluding hydrogens is 338 g/mol. The molecule has 4 N–H and O–H groups in total. The fourth-order valence-corrected chi connectivity index (χ4v) is 3.36. The first kappa shape index (κ1) is 17.0. The van der Waals surface area contributed by atoms with Crippen molar-refractivity contribution >= 4 is 17.4 Å². The smallest absolute Gasteiger partial charge is 0.319 e. The SMILES string of the molecule is Nc1ccc(Oc2ccccc2)cc1NC(=O)NC1CCc2ccccc21. The van der Waals surface area contributed by atoms with Crippen LogP contribution < -0.4 is 21.1 Å². The topological polar surface area (TPSA) is 76.4 Å². The van der Waals surface area contributed by atoms with Crippen molar-refractivity contribution in [3.8, 4) is 11.5 Å². The summed E-state index contributed by atoms with van der Waals surface area (Å²) in [5.74, 6) is 1.33. The zero-order chi connectivity index (χ0) is 18.6. The zero-order valence-electron chi connectivity index (χ0n) is 14.8. The summed E-state index contributed by atoms with van der Waals surface area (Å²) in [4.78, 5) is 12.5. The molecule has 3 aromatic rings. The zero-order valence-corrected chi connectivity index (χ0v) is 14.8. The van der Waals surface area contributed by atoms with E-state index in [0.29, 0.717) is 17.1 Å². The Morgan fingerprint density at radius 3 is 2.59 bits per heavy atom. The van der Waals surface area contributed by atoms with Gasteiger partial charge in [0, 0.05) is 6.07 Å². The maximum atomic E-state index is 12.5. The highest BCUT2D eigenvalue weighted by atomic mass is 16.5. The molecule has 0 heterocycles. The van der Waals surface area contributed by atoms with Crippen LogP contribution in [-0.4, -0.2) is 6.03 Å². The van der Waals surface area contributed by atoms with Crippen molar-refractivity contribution in [1.82, 2.24) is 5.32 Å². The standard InChI is InChI=1S/C22H21N3O2/c23-19-12-11-17(27-16-7-2-1-3-8-16)14-21(19)25-22(26)24-20-13-10-15-6-4-5-9-18(15)20/h1-9,11-12,14,20H,10,13,23H2,(H2,24,25,26).